The Morgan fingerprint density at radius 1 is 0.560 bits per heavy atom. The van der Waals surface area contributed by atoms with Gasteiger partial charge in [-0.2, -0.15) is 0 Å². The van der Waals surface area contributed by atoms with Crippen LogP contribution < -0.4 is 41.7 Å². The normalized spacial score (nSPS) is 19.2. The summed E-state index contributed by atoms with van der Waals surface area (Å²) in [6.07, 6.45) is 12.0. The van der Waals surface area contributed by atoms with E-state index in [2.05, 4.69) is 79.7 Å². The highest BCUT2D eigenvalue weighted by molar-refractivity contribution is 6.05. The number of amides is 7. The Morgan fingerprint density at radius 3 is 1.71 bits per heavy atom. The van der Waals surface area contributed by atoms with Crippen molar-refractivity contribution in [2.24, 2.45) is 5.73 Å². The Bertz CT molecular complexity index is 2910. The van der Waals surface area contributed by atoms with Gasteiger partial charge < -0.3 is 46.0 Å². The van der Waals surface area contributed by atoms with E-state index in [9.17, 15) is 24.0 Å². The van der Waals surface area contributed by atoms with Crippen molar-refractivity contribution in [3.63, 3.8) is 0 Å². The fourth-order valence-corrected chi connectivity index (χ4v) is 11.1. The first-order chi connectivity index (χ1) is 40.9. The average Bonchev–Trinajstić information content (AvgIpc) is 3.64. The van der Waals surface area contributed by atoms with Crippen LogP contribution in [0.25, 0.3) is 0 Å². The molecule has 6 N–H and O–H groups in total. The number of nitrogens with one attached hydrogen (secondary N) is 4. The molecule has 0 atom stereocenters. The SMILES string of the molecule is C=C1CCN(c2ccc(C#CCCN3CCN(C(=O)N4CCNCC4)CC3)cc2)C(=O)C1.C=C1NC(=O)CCN1c1ccc(C#CCCCCCCCN)cc1.O=C1CCN(c2ccc(C#CCN3CCOC4(CCNCC4)C3)cc2)C(=O)N1. The number of morpholine rings is 1. The first-order valence-electron chi connectivity index (χ1n) is 30.3. The van der Waals surface area contributed by atoms with Gasteiger partial charge in [0, 0.05) is 157 Å². The van der Waals surface area contributed by atoms with Gasteiger partial charge in [-0.1, -0.05) is 73.5 Å². The van der Waals surface area contributed by atoms with Crippen LogP contribution in [0.1, 0.15) is 100 Å². The standard InChI is InChI=1S/C25H33N5O2.C21H26N4O3.C20H27N3O/c1-21-9-13-30(24(31)20-21)23-7-5-22(6-8-23)4-2-3-12-27-16-18-29(19-17-27)25(32)28-14-10-26-11-15-28;26-19-7-13-25(20(27)23-19)18-5-3-17(4-6-18)2-1-12-24-14-15-28-21(16-24)8-10-22-11-9-21;1-17-22-20(24)14-16-23(17)19-12-10-18(11-13-19)9-7-5-3-2-4-6-8-15-21/h5-8,26H,1,3,9-20H2;3-6,22H,7-16H2,(H,23,26,27);10-13H,1-6,8,14-16,21H2,(H,22,24). The van der Waals surface area contributed by atoms with Gasteiger partial charge in [-0.05, 0) is 125 Å². The lowest BCUT2D eigenvalue weighted by Gasteiger charge is -2.44. The molecule has 0 radical (unpaired) electrons. The summed E-state index contributed by atoms with van der Waals surface area (Å²) in [5.74, 6) is 20.0. The van der Waals surface area contributed by atoms with Crippen molar-refractivity contribution in [2.75, 3.05) is 139 Å². The van der Waals surface area contributed by atoms with Crippen molar-refractivity contribution in [1.82, 2.24) is 40.9 Å². The summed E-state index contributed by atoms with van der Waals surface area (Å²) in [6.45, 7) is 23.5. The van der Waals surface area contributed by atoms with Crippen LogP contribution in [0.3, 0.4) is 0 Å². The molecule has 7 amide bonds. The van der Waals surface area contributed by atoms with E-state index < -0.39 is 0 Å². The summed E-state index contributed by atoms with van der Waals surface area (Å²) >= 11 is 0. The van der Waals surface area contributed by atoms with E-state index in [-0.39, 0.29) is 35.4 Å². The minimum atomic E-state index is -0.366. The number of unbranched alkanes of at least 4 members (excludes halogenated alkanes) is 5. The second kappa shape index (κ2) is 32.6. The quantitative estimate of drug-likeness (QED) is 0.0831. The van der Waals surface area contributed by atoms with Gasteiger partial charge in [-0.15, -0.1) is 0 Å². The molecular weight excluding hydrogens is 1060 g/mol. The van der Waals surface area contributed by atoms with Gasteiger partial charge in [0.1, 0.15) is 5.82 Å². The van der Waals surface area contributed by atoms with Crippen molar-refractivity contribution in [3.8, 4) is 35.5 Å². The summed E-state index contributed by atoms with van der Waals surface area (Å²) in [5, 5.41) is 11.8. The highest BCUT2D eigenvalue weighted by Crippen LogP contribution is 2.28. The maximum atomic E-state index is 12.6. The maximum Gasteiger partial charge on any atom is 0.328 e. The fourth-order valence-electron chi connectivity index (χ4n) is 11.1. The van der Waals surface area contributed by atoms with E-state index in [4.69, 9.17) is 10.5 Å². The molecule has 7 aliphatic heterocycles. The fraction of sp³-hybridized carbons (Fsp3) is 0.500. The Kier molecular flexibility index (Phi) is 24.2. The molecule has 0 saturated carbocycles. The third-order valence-electron chi connectivity index (χ3n) is 16.1. The van der Waals surface area contributed by atoms with E-state index in [1.165, 1.54) is 19.3 Å². The summed E-state index contributed by atoms with van der Waals surface area (Å²) in [4.78, 5) is 73.4. The number of carbonyl (C=O) groups excluding carboxylic acids is 5. The molecule has 7 heterocycles. The monoisotopic (exact) mass is 1140 g/mol. The third-order valence-corrected chi connectivity index (χ3v) is 16.1. The van der Waals surface area contributed by atoms with Gasteiger partial charge in [-0.25, -0.2) is 9.59 Å². The number of piperidine rings is 2. The molecule has 18 nitrogen and oxygen atoms in total. The van der Waals surface area contributed by atoms with E-state index >= 15 is 0 Å². The Labute approximate surface area is 497 Å². The smallest absolute Gasteiger partial charge is 0.328 e. The molecule has 7 fully saturated rings. The molecule has 3 aromatic rings. The molecule has 0 bridgehead atoms. The topological polar surface area (TPSA) is 191 Å². The molecule has 1 spiro atoms. The number of rotatable bonds is 12. The molecule has 0 aromatic heterocycles. The number of anilines is 3. The second-order valence-corrected chi connectivity index (χ2v) is 22.3. The molecule has 3 aromatic carbocycles. The number of piperazine rings is 2. The van der Waals surface area contributed by atoms with Crippen LogP contribution in [0.15, 0.2) is 97.3 Å². The second-order valence-electron chi connectivity index (χ2n) is 22.3. The van der Waals surface area contributed by atoms with Gasteiger partial charge in [0.2, 0.25) is 17.7 Å². The number of ether oxygens (including phenoxy) is 1. The molecular formula is C66H86N12O6. The van der Waals surface area contributed by atoms with Gasteiger partial charge in [0.25, 0.3) is 0 Å². The highest BCUT2D eigenvalue weighted by Gasteiger charge is 2.37. The zero-order valence-corrected chi connectivity index (χ0v) is 49.1. The Morgan fingerprint density at radius 2 is 1.10 bits per heavy atom. The molecule has 18 heteroatoms. The van der Waals surface area contributed by atoms with E-state index in [1.807, 2.05) is 92.4 Å². The van der Waals surface area contributed by atoms with Gasteiger partial charge in [0.15, 0.2) is 0 Å². The summed E-state index contributed by atoms with van der Waals surface area (Å²) in [6, 6.07) is 23.4. The van der Waals surface area contributed by atoms with Crippen molar-refractivity contribution in [2.45, 2.75) is 89.1 Å². The third kappa shape index (κ3) is 19.3. The minimum absolute atomic E-state index is 0.00320. The highest BCUT2D eigenvalue weighted by atomic mass is 16.5. The molecule has 0 unspecified atom stereocenters. The van der Waals surface area contributed by atoms with Crippen LogP contribution in [0.2, 0.25) is 0 Å². The van der Waals surface area contributed by atoms with Gasteiger partial charge >= 0.3 is 12.1 Å². The predicted octanol–water partition coefficient (Wildman–Crippen LogP) is 5.83. The largest absolute Gasteiger partial charge is 0.372 e. The van der Waals surface area contributed by atoms with Crippen LogP contribution in [0, 0.1) is 35.5 Å². The van der Waals surface area contributed by atoms with Gasteiger partial charge in [-0.3, -0.25) is 34.4 Å². The van der Waals surface area contributed by atoms with E-state index in [0.29, 0.717) is 44.7 Å². The first-order valence-corrected chi connectivity index (χ1v) is 30.3. The number of nitrogens with zero attached hydrogens (tertiary/aromatic N) is 7. The molecule has 84 heavy (non-hydrogen) atoms. The van der Waals surface area contributed by atoms with E-state index in [0.717, 1.165) is 189 Å². The summed E-state index contributed by atoms with van der Waals surface area (Å²) in [5.41, 5.74) is 12.1. The number of imide groups is 1. The molecule has 0 aliphatic carbocycles. The van der Waals surface area contributed by atoms with Crippen LogP contribution >= 0.6 is 0 Å². The first kappa shape index (κ1) is 62.6. The maximum absolute atomic E-state index is 12.6. The van der Waals surface area contributed by atoms with Crippen molar-refractivity contribution >= 4 is 46.8 Å². The summed E-state index contributed by atoms with van der Waals surface area (Å²) < 4.78 is 6.10. The lowest BCUT2D eigenvalue weighted by atomic mass is 9.90. The zero-order chi connectivity index (χ0) is 58.9. The molecule has 10 rings (SSSR count). The van der Waals surface area contributed by atoms with Crippen LogP contribution in [-0.4, -0.2) is 179 Å². The number of nitrogens with two attached hydrogens (primary N) is 1. The van der Waals surface area contributed by atoms with Crippen molar-refractivity contribution < 1.29 is 28.7 Å². The number of hydrogen-bond acceptors (Lipinski definition) is 12. The lowest BCUT2D eigenvalue weighted by Crippen LogP contribution is -2.56. The van der Waals surface area contributed by atoms with Crippen molar-refractivity contribution in [1.29, 1.82) is 0 Å². The lowest BCUT2D eigenvalue weighted by molar-refractivity contribution is -0.121. The number of benzene rings is 3. The average molecular weight is 1140 g/mol. The zero-order valence-electron chi connectivity index (χ0n) is 49.1. The number of urea groups is 2. The predicted molar refractivity (Wildman–Crippen MR) is 332 cm³/mol. The minimum Gasteiger partial charge on any atom is -0.372 e. The molecule has 7 saturated heterocycles. The Balaban J connectivity index is 0.000000166. The van der Waals surface area contributed by atoms with Crippen LogP contribution in [0.4, 0.5) is 26.7 Å². The summed E-state index contributed by atoms with van der Waals surface area (Å²) in [7, 11) is 0. The molecule has 446 valence electrons. The molecule has 7 aliphatic rings. The number of carbonyl (C=O) groups is 5. The Hall–Kier alpha value is -7.47. The van der Waals surface area contributed by atoms with Crippen LogP contribution in [-0.2, 0) is 19.1 Å². The van der Waals surface area contributed by atoms with Crippen LogP contribution in [0.5, 0.6) is 0 Å². The number of hydrogen-bond donors (Lipinski definition) is 5. The van der Waals surface area contributed by atoms with Crippen molar-refractivity contribution in [3.05, 3.63) is 114 Å². The van der Waals surface area contributed by atoms with Gasteiger partial charge in [0.05, 0.1) is 18.8 Å². The van der Waals surface area contributed by atoms with E-state index in [1.54, 1.807) is 4.90 Å².